The molecule has 0 aliphatic carbocycles. The summed E-state index contributed by atoms with van der Waals surface area (Å²) >= 11 is 0. The van der Waals surface area contributed by atoms with Gasteiger partial charge in [0.05, 0.1) is 45.6 Å². The van der Waals surface area contributed by atoms with E-state index >= 15 is 0 Å². The fourth-order valence-corrected chi connectivity index (χ4v) is 13.7. The number of phosphoric acid groups is 4. The fourth-order valence-electron chi connectivity index (χ4n) is 9.26. The average Bonchev–Trinajstić information content (AvgIpc) is 3.29. The topological polar surface area (TPSA) is 575 Å². The lowest BCUT2D eigenvalue weighted by Gasteiger charge is -2.27. The van der Waals surface area contributed by atoms with Crippen molar-refractivity contribution in [2.45, 2.75) is 93.6 Å². The van der Waals surface area contributed by atoms with Crippen molar-refractivity contribution in [3.05, 3.63) is 56.5 Å². The van der Waals surface area contributed by atoms with E-state index in [-0.39, 0.29) is 51.2 Å². The zero-order valence-corrected chi connectivity index (χ0v) is 47.0. The number of ether oxygens (including phenoxy) is 6. The number of azide groups is 1. The summed E-state index contributed by atoms with van der Waals surface area (Å²) in [5.41, 5.74) is 18.8. The number of aromatic nitrogens is 12. The monoisotopic (exact) mass is 1260 g/mol. The lowest BCUT2D eigenvalue weighted by molar-refractivity contribution is -0.745. The third-order valence-electron chi connectivity index (χ3n) is 12.5. The van der Waals surface area contributed by atoms with Gasteiger partial charge in [-0.3, -0.25) is 51.4 Å². The average molecular weight is 1260 g/mol. The van der Waals surface area contributed by atoms with Crippen LogP contribution in [-0.4, -0.2) is 185 Å². The minimum atomic E-state index is -6.25. The Labute approximate surface area is 462 Å². The van der Waals surface area contributed by atoms with Gasteiger partial charge in [-0.15, -0.1) is 0 Å². The molecule has 3 fully saturated rings. The molecule has 42 nitrogen and oxygen atoms in total. The van der Waals surface area contributed by atoms with Gasteiger partial charge in [0.25, 0.3) is 17.1 Å². The Morgan fingerprint density at radius 2 is 1.37 bits per heavy atom. The van der Waals surface area contributed by atoms with E-state index in [0.717, 1.165) is 24.3 Å². The van der Waals surface area contributed by atoms with E-state index in [1.54, 1.807) is 20.9 Å². The smallest absolute Gasteiger partial charge is 0.386 e. The van der Waals surface area contributed by atoms with Crippen LogP contribution in [0.4, 0.5) is 17.7 Å². The minimum absolute atomic E-state index is 0.0300. The summed E-state index contributed by atoms with van der Waals surface area (Å²) < 4.78 is 123. The van der Waals surface area contributed by atoms with Crippen molar-refractivity contribution in [2.75, 3.05) is 57.5 Å². The number of hydrogen-bond acceptors (Lipinski definition) is 30. The maximum absolute atomic E-state index is 14.0. The first-order valence-corrected chi connectivity index (χ1v) is 29.9. The highest BCUT2D eigenvalue weighted by Crippen LogP contribution is 2.68. The summed E-state index contributed by atoms with van der Waals surface area (Å²) in [4.78, 5) is 100. The van der Waals surface area contributed by atoms with Crippen LogP contribution in [0.1, 0.15) is 32.5 Å². The third kappa shape index (κ3) is 13.2. The number of aryl methyl sites for hydroxylation is 1. The van der Waals surface area contributed by atoms with Gasteiger partial charge in [-0.25, -0.2) is 42.8 Å². The highest BCUT2D eigenvalue weighted by molar-refractivity contribution is 7.66. The van der Waals surface area contributed by atoms with Crippen LogP contribution in [0.25, 0.3) is 43.9 Å². The molecule has 7 unspecified atom stereocenters. The van der Waals surface area contributed by atoms with Crippen molar-refractivity contribution in [2.24, 2.45) is 12.2 Å². The first-order chi connectivity index (χ1) is 39.1. The SMILES string of the molecule is CNc1ncnc2c1ncn2[C@@H]1O[C@H](COP(=O)(O)OP(=O)(O)OP(=O)(O)OC[C@H]2O[C@@H]([n+]3cn(C)c4c(=O)[nH]c(N)nc43)C(O)[C@H]2OCN=[N+]=[N-])[C@H](OP(=O)(O)OC[C@H]2O[C@@H](n3cnc4c(=O)[nH]c(N)nc43)C(O)[C@H]2OC(C)C)C1OC. The molecule has 9 heterocycles. The molecule has 0 saturated carbocycles. The van der Waals surface area contributed by atoms with Crippen LogP contribution in [0.5, 0.6) is 0 Å². The van der Waals surface area contributed by atoms with Crippen LogP contribution in [0.3, 0.4) is 0 Å². The van der Waals surface area contributed by atoms with Gasteiger partial charge in [0, 0.05) is 19.1 Å². The van der Waals surface area contributed by atoms with Crippen molar-refractivity contribution in [1.29, 1.82) is 0 Å². The van der Waals surface area contributed by atoms with E-state index in [1.165, 1.54) is 33.4 Å². The van der Waals surface area contributed by atoms with Crippen molar-refractivity contribution in [1.82, 2.24) is 53.6 Å². The Morgan fingerprint density at radius 3 is 2.01 bits per heavy atom. The van der Waals surface area contributed by atoms with Crippen LogP contribution < -0.4 is 32.5 Å². The Balaban J connectivity index is 0.896. The summed E-state index contributed by atoms with van der Waals surface area (Å²) in [5, 5.41) is 28.8. The maximum atomic E-state index is 14.0. The van der Waals surface area contributed by atoms with Gasteiger partial charge in [0.2, 0.25) is 17.7 Å². The standard InChI is InChI=1S/C37H52N18O24P4/c1-14(2)73-24-16(75-33(22(24)57)54-11-45-19-29(54)47-36(38)49-31(19)58)7-70-80(60,61)77-25-17(76-35(26(25)68-5)53-10-44-18-27(41-3)42-9-43-28(18)53)8-72-82(64,65)79-83(66,67)78-81(62,63)71-6-15-23(69-12-46-51-40)21(56)34(74-15)55-13-52(4)20-30(55)48-37(39)50-32(20)59/h9-11,13-17,21-26,33-35,56-57H,6-8,12H2,1-5H3,(H10-,38,39,41,42,43,47,48,49,50,58,59,60,61,62,63,64,65,66,67)/p+1/t15-,16-,17-,21?,22?,23+,24+,25+,26?,33-,34-,35-/m1/s1. The second-order valence-electron chi connectivity index (χ2n) is 18.3. The normalized spacial score (nSPS) is 28.6. The number of aromatic amines is 2. The summed E-state index contributed by atoms with van der Waals surface area (Å²) in [7, 11) is -19.5. The summed E-state index contributed by atoms with van der Waals surface area (Å²) in [6.07, 6.45) is -14.4. The highest BCUT2D eigenvalue weighted by atomic mass is 31.3. The number of aliphatic hydroxyl groups is 2. The van der Waals surface area contributed by atoms with Gasteiger partial charge in [0.1, 0.15) is 73.5 Å². The number of hydrogen-bond donors (Lipinski definition) is 11. The quantitative estimate of drug-likeness (QED) is 0.0102. The number of rotatable bonds is 25. The Kier molecular flexibility index (Phi) is 18.0. The molecule has 0 amide bonds. The van der Waals surface area contributed by atoms with Crippen molar-refractivity contribution in [3.63, 3.8) is 0 Å². The van der Waals surface area contributed by atoms with Gasteiger partial charge in [-0.1, -0.05) is 10.1 Å². The van der Waals surface area contributed by atoms with Gasteiger partial charge in [-0.05, 0) is 19.4 Å². The largest absolute Gasteiger partial charge is 0.490 e. The molecule has 16 atom stereocenters. The van der Waals surface area contributed by atoms with Crippen LogP contribution >= 0.6 is 31.3 Å². The number of imidazole rings is 3. The molecular formula is C37H53N18O24P4+. The fraction of sp³-hybridized carbons (Fsp3) is 0.595. The van der Waals surface area contributed by atoms with Crippen LogP contribution in [0.15, 0.2) is 40.0 Å². The molecule has 0 radical (unpaired) electrons. The number of nitrogens with zero attached hydrogens (tertiary/aromatic N) is 13. The summed E-state index contributed by atoms with van der Waals surface area (Å²) in [5.74, 6) is -0.345. The van der Waals surface area contributed by atoms with Gasteiger partial charge in [-0.2, -0.15) is 13.6 Å². The number of nitrogen functional groups attached to an aromatic ring is 2. The molecule has 83 heavy (non-hydrogen) atoms. The van der Waals surface area contributed by atoms with Crippen molar-refractivity contribution in [3.8, 4) is 0 Å². The molecule has 0 spiro atoms. The second kappa shape index (κ2) is 24.3. The molecule has 0 bridgehead atoms. The van der Waals surface area contributed by atoms with Gasteiger partial charge >= 0.3 is 36.9 Å². The molecule has 3 aliphatic heterocycles. The molecule has 454 valence electrons. The zero-order valence-electron chi connectivity index (χ0n) is 43.4. The lowest BCUT2D eigenvalue weighted by Crippen LogP contribution is -2.46. The highest BCUT2D eigenvalue weighted by Gasteiger charge is 2.54. The third-order valence-corrected chi connectivity index (χ3v) is 17.8. The Bertz CT molecular complexity index is 3750. The lowest BCUT2D eigenvalue weighted by atomic mass is 10.1. The Hall–Kier alpha value is -5.84. The first kappa shape index (κ1) is 61.7. The number of aliphatic hydroxyl groups excluding tert-OH is 2. The molecule has 13 N–H and O–H groups in total. The molecule has 6 aromatic rings. The zero-order chi connectivity index (χ0) is 60.1. The number of phosphoric ester groups is 3. The predicted octanol–water partition coefficient (Wildman–Crippen LogP) is -1.53. The van der Waals surface area contributed by atoms with E-state index < -0.39 is 149 Å². The maximum Gasteiger partial charge on any atom is 0.490 e. The minimum Gasteiger partial charge on any atom is -0.386 e. The second-order valence-corrected chi connectivity index (χ2v) is 24.4. The van der Waals surface area contributed by atoms with E-state index in [2.05, 4.69) is 63.8 Å². The molecule has 6 aromatic heterocycles. The van der Waals surface area contributed by atoms with Crippen LogP contribution in [0, 0.1) is 0 Å². The van der Waals surface area contributed by atoms with Crippen LogP contribution in [-0.2, 0) is 80.4 Å². The predicted molar refractivity (Wildman–Crippen MR) is 271 cm³/mol. The molecule has 3 saturated heterocycles. The number of H-pyrrole nitrogens is 2. The van der Waals surface area contributed by atoms with Crippen molar-refractivity contribution >= 4 is 82.5 Å². The van der Waals surface area contributed by atoms with Crippen LogP contribution in [0.2, 0.25) is 0 Å². The molecule has 46 heteroatoms. The van der Waals surface area contributed by atoms with E-state index in [1.807, 2.05) is 0 Å². The number of methoxy groups -OCH3 is 1. The number of anilines is 3. The van der Waals surface area contributed by atoms with E-state index in [0.29, 0.717) is 0 Å². The molecular weight excluding hydrogens is 1200 g/mol. The Morgan fingerprint density at radius 1 is 0.783 bits per heavy atom. The van der Waals surface area contributed by atoms with Gasteiger partial charge in [0.15, 0.2) is 41.4 Å². The first-order valence-electron chi connectivity index (χ1n) is 24.0. The molecule has 3 aliphatic rings. The molecule has 9 rings (SSSR count). The number of fused-ring (bicyclic) bond motifs is 3. The molecule has 0 aromatic carbocycles. The van der Waals surface area contributed by atoms with E-state index in [9.17, 15) is 57.6 Å². The summed E-state index contributed by atoms with van der Waals surface area (Å²) in [6, 6.07) is 0. The number of nitrogens with two attached hydrogens (primary N) is 2. The van der Waals surface area contributed by atoms with Gasteiger partial charge < -0.3 is 75.0 Å². The number of nitrogens with one attached hydrogen (secondary N) is 3. The van der Waals surface area contributed by atoms with Crippen molar-refractivity contribution < 1.29 is 108 Å². The van der Waals surface area contributed by atoms with E-state index in [4.69, 9.17) is 63.5 Å². The summed E-state index contributed by atoms with van der Waals surface area (Å²) in [6.45, 7) is -0.702.